The average Bonchev–Trinajstić information content (AvgIpc) is 1.74. The normalized spacial score (nSPS) is 45.9. The van der Waals surface area contributed by atoms with Crippen molar-refractivity contribution in [3.05, 3.63) is 69.8 Å². The van der Waals surface area contributed by atoms with E-state index in [1.54, 1.807) is 7.11 Å². The molecule has 1 aromatic rings. The fourth-order valence-electron chi connectivity index (χ4n) is 23.1. The molecule has 1 aromatic carbocycles. The van der Waals surface area contributed by atoms with E-state index in [-0.39, 0.29) is 46.0 Å². The van der Waals surface area contributed by atoms with Gasteiger partial charge in [0, 0.05) is 86.4 Å². The molecule has 12 heteroatoms. The minimum absolute atomic E-state index is 0. The van der Waals surface area contributed by atoms with Crippen molar-refractivity contribution in [2.75, 3.05) is 39.9 Å². The molecule has 11 nitrogen and oxygen atoms in total. The van der Waals surface area contributed by atoms with Crippen LogP contribution in [0.2, 0.25) is 5.02 Å². The summed E-state index contributed by atoms with van der Waals surface area (Å²) in [6.07, 6.45) is 34.9. The van der Waals surface area contributed by atoms with Gasteiger partial charge in [-0.05, 0) is 248 Å². The van der Waals surface area contributed by atoms with E-state index in [9.17, 15) is 34.8 Å². The number of aliphatic hydroxyl groups is 4. The molecule has 0 aliphatic heterocycles. The molecule has 7 N–H and O–H groups in total. The number of Topliss-reactive ketones (excluding diaryl/α,β-unsaturated/α-hetero) is 3. The molecular weight excluding hydrogens is 1130 g/mol. The summed E-state index contributed by atoms with van der Waals surface area (Å²) in [5.74, 6) is 7.26. The minimum Gasteiger partial charge on any atom is -0.393 e. The molecule has 10 fully saturated rings. The highest BCUT2D eigenvalue weighted by Crippen LogP contribution is 2.68. The lowest BCUT2D eigenvalue weighted by Gasteiger charge is -2.58. The number of rotatable bonds is 12. The van der Waals surface area contributed by atoms with Gasteiger partial charge in [-0.3, -0.25) is 14.4 Å². The number of methoxy groups -OCH3 is 1. The molecule has 18 atom stereocenters. The number of nitrogens with one attached hydrogen (secondary N) is 3. The number of aliphatic hydroxyl groups excluding tert-OH is 1. The molecule has 0 radical (unpaired) electrons. The number of hydrogen-bond acceptors (Lipinski definition) is 11. The number of fused-ring (bicyclic) bond motifs is 15. The first kappa shape index (κ1) is 67.8. The summed E-state index contributed by atoms with van der Waals surface area (Å²) in [6.45, 7) is 18.2. The van der Waals surface area contributed by atoms with E-state index in [1.165, 1.54) is 36.0 Å². The number of carbonyl (C=O) groups excluding carboxylic acids is 3. The van der Waals surface area contributed by atoms with Crippen molar-refractivity contribution in [3.8, 4) is 0 Å². The van der Waals surface area contributed by atoms with Gasteiger partial charge in [0.1, 0.15) is 17.3 Å². The fraction of sp³-hybridized carbons (Fsp3) is 0.805. The van der Waals surface area contributed by atoms with E-state index in [1.807, 2.05) is 18.2 Å². The van der Waals surface area contributed by atoms with Crippen molar-refractivity contribution in [3.63, 3.8) is 0 Å². The van der Waals surface area contributed by atoms with Crippen LogP contribution in [0, 0.1) is 85.8 Å². The van der Waals surface area contributed by atoms with Crippen LogP contribution in [0.3, 0.4) is 0 Å². The van der Waals surface area contributed by atoms with Crippen LogP contribution in [0.25, 0.3) is 0 Å². The first-order valence-electron chi connectivity index (χ1n) is 35.7. The second-order valence-corrected chi connectivity index (χ2v) is 34.0. The molecule has 0 spiro atoms. The lowest BCUT2D eigenvalue weighted by Crippen LogP contribution is -2.54. The second-order valence-electron chi connectivity index (χ2n) is 33.5. The molecule has 10 saturated carbocycles. The summed E-state index contributed by atoms with van der Waals surface area (Å²) in [5.41, 5.74) is 4.09. The Morgan fingerprint density at radius 3 is 1.30 bits per heavy atom. The van der Waals surface area contributed by atoms with Gasteiger partial charge in [0.05, 0.1) is 29.5 Å². The maximum absolute atomic E-state index is 12.6. The van der Waals surface area contributed by atoms with Crippen molar-refractivity contribution in [2.45, 2.75) is 264 Å². The zero-order valence-electron chi connectivity index (χ0n) is 55.2. The molecule has 89 heavy (non-hydrogen) atoms. The molecule has 0 aromatic heterocycles. The van der Waals surface area contributed by atoms with Crippen molar-refractivity contribution in [2.24, 2.45) is 85.8 Å². The number of ketones is 3. The largest absolute Gasteiger partial charge is 0.393 e. The van der Waals surface area contributed by atoms with Crippen LogP contribution >= 0.6 is 11.6 Å². The van der Waals surface area contributed by atoms with E-state index < -0.39 is 16.8 Å². The Morgan fingerprint density at radius 2 is 0.899 bits per heavy atom. The minimum atomic E-state index is -0.677. The molecule has 14 rings (SSSR count). The first-order valence-corrected chi connectivity index (χ1v) is 36.1. The maximum Gasteiger partial charge on any atom is 0.139 e. The van der Waals surface area contributed by atoms with Gasteiger partial charge in [0.2, 0.25) is 0 Å². The van der Waals surface area contributed by atoms with Crippen LogP contribution in [-0.4, -0.2) is 107 Å². The summed E-state index contributed by atoms with van der Waals surface area (Å²) in [6, 6.07) is 8.33. The number of carbonyl (C=O) groups is 3. The van der Waals surface area contributed by atoms with Gasteiger partial charge in [0.15, 0.2) is 0 Å². The first-order chi connectivity index (χ1) is 41.8. The highest BCUT2D eigenvalue weighted by Gasteiger charge is 2.63. The molecule has 0 saturated heterocycles. The van der Waals surface area contributed by atoms with Crippen molar-refractivity contribution in [1.29, 1.82) is 0 Å². The van der Waals surface area contributed by atoms with Crippen molar-refractivity contribution in [1.82, 2.24) is 16.0 Å². The van der Waals surface area contributed by atoms with Gasteiger partial charge in [0.25, 0.3) is 0 Å². The molecule has 496 valence electrons. The van der Waals surface area contributed by atoms with E-state index >= 15 is 0 Å². The Labute approximate surface area is 541 Å². The maximum atomic E-state index is 12.6. The third-order valence-electron chi connectivity index (χ3n) is 28.9. The Morgan fingerprint density at radius 1 is 0.506 bits per heavy atom. The van der Waals surface area contributed by atoms with Crippen LogP contribution in [0.1, 0.15) is 234 Å². The molecule has 0 bridgehead atoms. The number of halogens is 1. The predicted molar refractivity (Wildman–Crippen MR) is 356 cm³/mol. The smallest absolute Gasteiger partial charge is 0.139 e. The van der Waals surface area contributed by atoms with E-state index in [4.69, 9.17) is 16.3 Å². The summed E-state index contributed by atoms with van der Waals surface area (Å²) in [7, 11) is 1.71. The Bertz CT molecular complexity index is 2860. The van der Waals surface area contributed by atoms with Gasteiger partial charge in [-0.1, -0.05) is 108 Å². The standard InChI is InChI=1S/C27H36ClNO2.C26H41NO3.C23H37NO3.CH4/c1-25-12-13-27(31,17-29-16-18-4-3-5-20(28)14-18)15-19(25)6-7-21-22-8-9-24(30)26(22,2)11-10-23(21)25;1-24-13-14-26(30,16-27-18-4-6-19(28)7-5-18)15-17(24)3-8-20-21-9-10-23(29)25(21,2)12-11-22(20)24;1-21-10-11-23(26,15-24-12-13-27-3)14-16(21)4-5-17-18-6-7-20(25)22(18,2)9-8-19(17)21;/h3-6,14,21-23,29,31H,7-13,15-17H2,1-2H3;3,18-22,27-28,30H,4-16H2,1-2H3;4,17-19,24,26H,5-15H2,1-3H3;1H4. The lowest BCUT2D eigenvalue weighted by molar-refractivity contribution is -0.133. The van der Waals surface area contributed by atoms with Crippen LogP contribution in [-0.2, 0) is 25.7 Å². The molecule has 13 aliphatic rings. The summed E-state index contributed by atoms with van der Waals surface area (Å²) < 4.78 is 5.10. The van der Waals surface area contributed by atoms with E-state index in [0.29, 0.717) is 103 Å². The molecule has 13 aliphatic carbocycles. The van der Waals surface area contributed by atoms with Gasteiger partial charge >= 0.3 is 0 Å². The van der Waals surface area contributed by atoms with Crippen molar-refractivity contribution >= 4 is 29.0 Å². The fourth-order valence-corrected chi connectivity index (χ4v) is 23.3. The number of allylic oxidation sites excluding steroid dienone is 3. The highest BCUT2D eigenvalue weighted by molar-refractivity contribution is 6.30. The van der Waals surface area contributed by atoms with E-state index in [0.717, 1.165) is 184 Å². The van der Waals surface area contributed by atoms with Crippen LogP contribution in [0.4, 0.5) is 0 Å². The topological polar surface area (TPSA) is 177 Å². The Kier molecular flexibility index (Phi) is 19.7. The average molecular weight is 1250 g/mol. The van der Waals surface area contributed by atoms with E-state index in [2.05, 4.69) is 81.8 Å². The third-order valence-corrected chi connectivity index (χ3v) is 29.2. The molecular formula is C77H118ClN3O8. The number of hydrogen-bond donors (Lipinski definition) is 7. The summed E-state index contributed by atoms with van der Waals surface area (Å²) in [4.78, 5) is 37.7. The van der Waals surface area contributed by atoms with Gasteiger partial charge in [-0.2, -0.15) is 0 Å². The quantitative estimate of drug-likeness (QED) is 0.0783. The lowest BCUT2D eigenvalue weighted by atomic mass is 9.47. The number of benzene rings is 1. The number of ether oxygens (including phenoxy) is 1. The zero-order valence-corrected chi connectivity index (χ0v) is 56.0. The van der Waals surface area contributed by atoms with Crippen LogP contribution in [0.5, 0.6) is 0 Å². The molecule has 18 unspecified atom stereocenters. The predicted octanol–water partition coefficient (Wildman–Crippen LogP) is 14.0. The third kappa shape index (κ3) is 12.6. The van der Waals surface area contributed by atoms with Gasteiger partial charge < -0.3 is 41.1 Å². The molecule has 0 heterocycles. The van der Waals surface area contributed by atoms with Gasteiger partial charge in [-0.15, -0.1) is 0 Å². The van der Waals surface area contributed by atoms with Crippen LogP contribution in [0.15, 0.2) is 59.2 Å². The monoisotopic (exact) mass is 1250 g/mol. The SMILES string of the molecule is C.CC12CCC3C(CC=C4CC(O)(CNC5CCC(O)CC5)CCC43C)C1CCC2=O.CC12CCC3C(CC=C4CC(O)(CNCc5cccc(Cl)c5)CCC43C)C1CCC2=O.COCCNCC1(O)CCC2(C)C(=CCC3C4CCC(=O)C4(C)CCC32)C1. The summed E-state index contributed by atoms with van der Waals surface area (Å²) in [5, 5.41) is 54.9. The Hall–Kier alpha value is -2.58. The van der Waals surface area contributed by atoms with Gasteiger partial charge in [-0.25, -0.2) is 0 Å². The molecule has 0 amide bonds. The Balaban J connectivity index is 0.000000137. The van der Waals surface area contributed by atoms with Crippen LogP contribution < -0.4 is 16.0 Å². The highest BCUT2D eigenvalue weighted by atomic mass is 35.5. The second kappa shape index (κ2) is 25.9. The zero-order chi connectivity index (χ0) is 62.3. The van der Waals surface area contributed by atoms with Crippen molar-refractivity contribution < 1.29 is 39.5 Å². The summed E-state index contributed by atoms with van der Waals surface area (Å²) >= 11 is 6.09.